The fourth-order valence-corrected chi connectivity index (χ4v) is 3.72. The summed E-state index contributed by atoms with van der Waals surface area (Å²) in [6, 6.07) is 0. The van der Waals surface area contributed by atoms with Crippen molar-refractivity contribution in [2.75, 3.05) is 13.2 Å². The molecule has 1 aliphatic carbocycles. The Morgan fingerprint density at radius 3 is 2.06 bits per heavy atom. The number of aliphatic hydroxyl groups is 1. The Balaban J connectivity index is 3.11. The van der Waals surface area contributed by atoms with Crippen molar-refractivity contribution in [2.45, 2.75) is 58.2 Å². The second-order valence-electron chi connectivity index (χ2n) is 6.24. The fraction of sp³-hybridized carbons (Fsp3) is 1.00. The minimum atomic E-state index is -3.34. The number of hydrogen-bond acceptors (Lipinski definition) is 3. The molecule has 0 unspecified atom stereocenters. The molecule has 1 atom stereocenters. The maximum Gasteiger partial charge on any atom is 0.217 e. The number of rotatable bonds is 7. The lowest BCUT2D eigenvalue weighted by Crippen LogP contribution is -2.57. The van der Waals surface area contributed by atoms with Gasteiger partial charge >= 0.3 is 0 Å². The van der Waals surface area contributed by atoms with E-state index >= 15 is 0 Å². The summed E-state index contributed by atoms with van der Waals surface area (Å²) in [4.78, 5) is 0. The van der Waals surface area contributed by atoms with Gasteiger partial charge < -0.3 is 5.11 Å². The van der Waals surface area contributed by atoms with E-state index < -0.39 is 20.8 Å². The van der Waals surface area contributed by atoms with Crippen molar-refractivity contribution >= 4 is 10.0 Å². The SMILES string of the molecule is CC(C)[C@](C)(CO)N(CC1CC1)S(=O)(=O)C(C)C. The predicted octanol–water partition coefficient (Wildman–Crippen LogP) is 1.84. The zero-order chi connectivity index (χ0) is 14.1. The molecular formula is C13H27NO3S. The summed E-state index contributed by atoms with van der Waals surface area (Å²) < 4.78 is 26.6. The van der Waals surface area contributed by atoms with Gasteiger partial charge in [0, 0.05) is 6.54 Å². The molecule has 0 amide bonds. The van der Waals surface area contributed by atoms with Crippen LogP contribution in [0.15, 0.2) is 0 Å². The first-order valence-corrected chi connectivity index (χ1v) is 8.29. The van der Waals surface area contributed by atoms with E-state index in [4.69, 9.17) is 0 Å². The van der Waals surface area contributed by atoms with E-state index in [2.05, 4.69) is 0 Å². The number of aliphatic hydroxyl groups excluding tert-OH is 1. The molecule has 1 aliphatic rings. The molecule has 0 spiro atoms. The Bertz CT molecular complexity index is 374. The van der Waals surface area contributed by atoms with Gasteiger partial charge in [0.25, 0.3) is 0 Å². The van der Waals surface area contributed by atoms with E-state index in [0.717, 1.165) is 12.8 Å². The first-order chi connectivity index (χ1) is 8.16. The molecule has 0 aliphatic heterocycles. The lowest BCUT2D eigenvalue weighted by atomic mass is 9.89. The molecule has 18 heavy (non-hydrogen) atoms. The molecule has 1 saturated carbocycles. The van der Waals surface area contributed by atoms with Crippen molar-refractivity contribution in [2.24, 2.45) is 11.8 Å². The zero-order valence-electron chi connectivity index (χ0n) is 12.2. The molecule has 0 aromatic rings. The van der Waals surface area contributed by atoms with E-state index in [1.165, 1.54) is 0 Å². The van der Waals surface area contributed by atoms with Crippen LogP contribution in [-0.4, -0.2) is 41.8 Å². The van der Waals surface area contributed by atoms with Crippen molar-refractivity contribution in [1.82, 2.24) is 4.31 Å². The smallest absolute Gasteiger partial charge is 0.217 e. The molecule has 0 aromatic heterocycles. The molecule has 0 aromatic carbocycles. The predicted molar refractivity (Wildman–Crippen MR) is 73.8 cm³/mol. The Morgan fingerprint density at radius 2 is 1.78 bits per heavy atom. The van der Waals surface area contributed by atoms with Crippen LogP contribution < -0.4 is 0 Å². The average Bonchev–Trinajstić information content (AvgIpc) is 3.07. The van der Waals surface area contributed by atoms with E-state index in [1.807, 2.05) is 20.8 Å². The van der Waals surface area contributed by atoms with Crippen LogP contribution in [0.2, 0.25) is 0 Å². The summed E-state index contributed by atoms with van der Waals surface area (Å²) >= 11 is 0. The van der Waals surface area contributed by atoms with Crippen LogP contribution in [0, 0.1) is 11.8 Å². The molecule has 1 rings (SSSR count). The summed E-state index contributed by atoms with van der Waals surface area (Å²) in [6.07, 6.45) is 2.20. The molecule has 5 heteroatoms. The van der Waals surface area contributed by atoms with Crippen molar-refractivity contribution in [3.8, 4) is 0 Å². The molecule has 1 N–H and O–H groups in total. The molecule has 0 heterocycles. The van der Waals surface area contributed by atoms with E-state index in [9.17, 15) is 13.5 Å². The molecule has 0 bridgehead atoms. The Morgan fingerprint density at radius 1 is 1.28 bits per heavy atom. The van der Waals surface area contributed by atoms with Gasteiger partial charge in [-0.2, -0.15) is 4.31 Å². The number of hydrogen-bond donors (Lipinski definition) is 1. The highest BCUT2D eigenvalue weighted by Gasteiger charge is 2.45. The second-order valence-corrected chi connectivity index (χ2v) is 8.65. The highest BCUT2D eigenvalue weighted by Crippen LogP contribution is 2.36. The number of sulfonamides is 1. The van der Waals surface area contributed by atoms with Gasteiger partial charge in [0.05, 0.1) is 17.4 Å². The van der Waals surface area contributed by atoms with Crippen molar-refractivity contribution in [1.29, 1.82) is 0 Å². The van der Waals surface area contributed by atoms with Gasteiger partial charge in [-0.25, -0.2) is 8.42 Å². The second kappa shape index (κ2) is 5.47. The highest BCUT2D eigenvalue weighted by atomic mass is 32.2. The van der Waals surface area contributed by atoms with Crippen LogP contribution in [-0.2, 0) is 10.0 Å². The van der Waals surface area contributed by atoms with Gasteiger partial charge in [-0.3, -0.25) is 0 Å². The van der Waals surface area contributed by atoms with E-state index in [0.29, 0.717) is 12.5 Å². The molecule has 1 fully saturated rings. The van der Waals surface area contributed by atoms with Gasteiger partial charge in [0.15, 0.2) is 0 Å². The molecular weight excluding hydrogens is 250 g/mol. The van der Waals surface area contributed by atoms with E-state index in [-0.39, 0.29) is 12.5 Å². The van der Waals surface area contributed by atoms with Crippen LogP contribution in [0.3, 0.4) is 0 Å². The maximum atomic E-state index is 12.5. The lowest BCUT2D eigenvalue weighted by Gasteiger charge is -2.43. The fourth-order valence-electron chi connectivity index (χ4n) is 1.94. The third-order valence-corrected chi connectivity index (χ3v) is 6.53. The quantitative estimate of drug-likeness (QED) is 0.772. The first-order valence-electron chi connectivity index (χ1n) is 6.78. The molecule has 108 valence electrons. The van der Waals surface area contributed by atoms with Crippen LogP contribution in [0.25, 0.3) is 0 Å². The normalized spacial score (nSPS) is 20.7. The minimum Gasteiger partial charge on any atom is -0.394 e. The van der Waals surface area contributed by atoms with Gasteiger partial charge in [-0.05, 0) is 45.4 Å². The highest BCUT2D eigenvalue weighted by molar-refractivity contribution is 7.89. The number of nitrogens with zero attached hydrogens (tertiary/aromatic N) is 1. The van der Waals surface area contributed by atoms with Crippen LogP contribution in [0.5, 0.6) is 0 Å². The monoisotopic (exact) mass is 277 g/mol. The van der Waals surface area contributed by atoms with Crippen LogP contribution in [0.1, 0.15) is 47.5 Å². The summed E-state index contributed by atoms with van der Waals surface area (Å²) in [7, 11) is -3.34. The van der Waals surface area contributed by atoms with Crippen LogP contribution in [0.4, 0.5) is 0 Å². The van der Waals surface area contributed by atoms with Crippen molar-refractivity contribution in [3.05, 3.63) is 0 Å². The van der Waals surface area contributed by atoms with Crippen molar-refractivity contribution in [3.63, 3.8) is 0 Å². The van der Waals surface area contributed by atoms with Gasteiger partial charge in [0.1, 0.15) is 0 Å². The summed E-state index contributed by atoms with van der Waals surface area (Å²) in [5.41, 5.74) is -0.703. The molecule has 0 radical (unpaired) electrons. The largest absolute Gasteiger partial charge is 0.394 e. The van der Waals surface area contributed by atoms with Gasteiger partial charge in [-0.1, -0.05) is 13.8 Å². The third-order valence-electron chi connectivity index (χ3n) is 4.16. The zero-order valence-corrected chi connectivity index (χ0v) is 13.0. The standard InChI is InChI=1S/C13H27NO3S/c1-10(2)13(5,9-15)14(8-12-6-7-12)18(16,17)11(3)4/h10-12,15H,6-9H2,1-5H3/t13-/m0/s1. The Hall–Kier alpha value is -0.130. The van der Waals surface area contributed by atoms with Gasteiger partial charge in [-0.15, -0.1) is 0 Å². The van der Waals surface area contributed by atoms with E-state index in [1.54, 1.807) is 18.2 Å². The Kier molecular flexibility index (Phi) is 4.84. The molecule has 0 saturated heterocycles. The van der Waals surface area contributed by atoms with Crippen molar-refractivity contribution < 1.29 is 13.5 Å². The molecule has 4 nitrogen and oxygen atoms in total. The summed E-state index contributed by atoms with van der Waals surface area (Å²) in [5.74, 6) is 0.554. The summed E-state index contributed by atoms with van der Waals surface area (Å²) in [5, 5.41) is 9.25. The Labute approximate surface area is 111 Å². The lowest BCUT2D eigenvalue weighted by molar-refractivity contribution is 0.0625. The average molecular weight is 277 g/mol. The third kappa shape index (κ3) is 3.06. The summed E-state index contributed by atoms with van der Waals surface area (Å²) in [6.45, 7) is 9.59. The maximum absolute atomic E-state index is 12.5. The topological polar surface area (TPSA) is 57.6 Å². The van der Waals surface area contributed by atoms with Crippen LogP contribution >= 0.6 is 0 Å². The van der Waals surface area contributed by atoms with Gasteiger partial charge in [0.2, 0.25) is 10.0 Å². The first kappa shape index (κ1) is 15.9. The minimum absolute atomic E-state index is 0.0785.